The first-order valence-electron chi connectivity index (χ1n) is 7.96. The van der Waals surface area contributed by atoms with E-state index in [0.29, 0.717) is 15.6 Å². The van der Waals surface area contributed by atoms with Crippen LogP contribution in [0.25, 0.3) is 5.69 Å². The maximum atomic E-state index is 12.4. The lowest BCUT2D eigenvalue weighted by atomic mass is 10.0. The molecule has 0 saturated heterocycles. The molecule has 0 spiro atoms. The first-order valence-corrected chi connectivity index (χ1v) is 10.2. The fourth-order valence-corrected chi connectivity index (χ4v) is 4.57. The van der Waals surface area contributed by atoms with Gasteiger partial charge >= 0.3 is 0 Å². The van der Waals surface area contributed by atoms with Crippen LogP contribution in [0.5, 0.6) is 0 Å². The molecule has 3 nitrogen and oxygen atoms in total. The molecule has 0 amide bonds. The van der Waals surface area contributed by atoms with Crippen molar-refractivity contribution in [1.29, 1.82) is 0 Å². The fourth-order valence-electron chi connectivity index (χ4n) is 2.32. The molecule has 0 saturated carbocycles. The van der Waals surface area contributed by atoms with E-state index in [9.17, 15) is 4.79 Å². The van der Waals surface area contributed by atoms with Crippen LogP contribution in [-0.4, -0.2) is 21.3 Å². The number of nitrogens with zero attached hydrogens (tertiary/aromatic N) is 2. The van der Waals surface area contributed by atoms with E-state index in [-0.39, 0.29) is 5.78 Å². The van der Waals surface area contributed by atoms with Crippen LogP contribution in [-0.2, 0) is 0 Å². The van der Waals surface area contributed by atoms with Crippen molar-refractivity contribution in [3.63, 3.8) is 0 Å². The standard InChI is InChI=1S/C19H18N2OS3/c1-13(2)14-8-10-15(11-9-14)17(22)12-24-18-20-21(19(23)25-18)16-6-4-3-5-7-16/h3-11,13H,12H2,1-2H3. The largest absolute Gasteiger partial charge is 0.293 e. The van der Waals surface area contributed by atoms with Gasteiger partial charge < -0.3 is 0 Å². The van der Waals surface area contributed by atoms with Crippen molar-refractivity contribution in [3.8, 4) is 5.69 Å². The zero-order chi connectivity index (χ0) is 17.8. The third-order valence-electron chi connectivity index (χ3n) is 3.76. The first-order chi connectivity index (χ1) is 12.0. The Labute approximate surface area is 160 Å². The van der Waals surface area contributed by atoms with Crippen molar-refractivity contribution >= 4 is 41.1 Å². The first kappa shape index (κ1) is 18.0. The second-order valence-electron chi connectivity index (χ2n) is 5.87. The molecule has 6 heteroatoms. The van der Waals surface area contributed by atoms with Crippen molar-refractivity contribution in [2.45, 2.75) is 24.1 Å². The van der Waals surface area contributed by atoms with Crippen LogP contribution in [0.3, 0.4) is 0 Å². The predicted molar refractivity (Wildman–Crippen MR) is 108 cm³/mol. The molecule has 1 heterocycles. The van der Waals surface area contributed by atoms with Crippen molar-refractivity contribution in [3.05, 3.63) is 69.7 Å². The zero-order valence-electron chi connectivity index (χ0n) is 14.0. The summed E-state index contributed by atoms with van der Waals surface area (Å²) in [6.07, 6.45) is 0. The Morgan fingerprint density at radius 3 is 2.48 bits per heavy atom. The smallest absolute Gasteiger partial charge is 0.184 e. The highest BCUT2D eigenvalue weighted by Crippen LogP contribution is 2.25. The van der Waals surface area contributed by atoms with Crippen LogP contribution >= 0.6 is 35.3 Å². The topological polar surface area (TPSA) is 34.9 Å². The van der Waals surface area contributed by atoms with Gasteiger partial charge in [-0.2, -0.15) is 0 Å². The number of rotatable bonds is 6. The van der Waals surface area contributed by atoms with Gasteiger partial charge in [0, 0.05) is 5.56 Å². The van der Waals surface area contributed by atoms with Gasteiger partial charge in [0.05, 0.1) is 11.4 Å². The number of benzene rings is 2. The van der Waals surface area contributed by atoms with Gasteiger partial charge in [0.2, 0.25) is 0 Å². The molecule has 128 valence electrons. The summed E-state index contributed by atoms with van der Waals surface area (Å²) in [6, 6.07) is 17.6. The van der Waals surface area contributed by atoms with E-state index in [2.05, 4.69) is 18.9 Å². The molecule has 2 aromatic carbocycles. The lowest BCUT2D eigenvalue weighted by Crippen LogP contribution is -2.03. The molecule has 0 aliphatic carbocycles. The third-order valence-corrected chi connectivity index (χ3v) is 6.12. The molecule has 0 fully saturated rings. The van der Waals surface area contributed by atoms with Crippen LogP contribution in [0.1, 0.15) is 35.7 Å². The molecule has 0 atom stereocenters. The Balaban J connectivity index is 1.67. The summed E-state index contributed by atoms with van der Waals surface area (Å²) in [6.45, 7) is 4.28. The monoisotopic (exact) mass is 386 g/mol. The van der Waals surface area contributed by atoms with Gasteiger partial charge in [-0.1, -0.05) is 79.4 Å². The van der Waals surface area contributed by atoms with E-state index >= 15 is 0 Å². The van der Waals surface area contributed by atoms with Gasteiger partial charge in [-0.25, -0.2) is 4.68 Å². The number of hydrogen-bond donors (Lipinski definition) is 0. The van der Waals surface area contributed by atoms with Gasteiger partial charge in [-0.05, 0) is 35.8 Å². The number of para-hydroxylation sites is 1. The number of aromatic nitrogens is 2. The Morgan fingerprint density at radius 1 is 1.16 bits per heavy atom. The van der Waals surface area contributed by atoms with Gasteiger partial charge in [-0.3, -0.25) is 4.79 Å². The van der Waals surface area contributed by atoms with Crippen molar-refractivity contribution in [2.24, 2.45) is 0 Å². The van der Waals surface area contributed by atoms with E-state index in [0.717, 1.165) is 15.6 Å². The Morgan fingerprint density at radius 2 is 1.84 bits per heavy atom. The van der Waals surface area contributed by atoms with E-state index in [1.165, 1.54) is 28.7 Å². The normalized spacial score (nSPS) is 11.0. The highest BCUT2D eigenvalue weighted by Gasteiger charge is 2.11. The maximum absolute atomic E-state index is 12.4. The predicted octanol–water partition coefficient (Wildman–Crippen LogP) is 5.76. The summed E-state index contributed by atoms with van der Waals surface area (Å²) in [7, 11) is 0. The molecule has 1 aromatic heterocycles. The molecule has 0 bridgehead atoms. The van der Waals surface area contributed by atoms with E-state index in [4.69, 9.17) is 12.2 Å². The minimum absolute atomic E-state index is 0.104. The molecule has 0 radical (unpaired) electrons. The average Bonchev–Trinajstić information content (AvgIpc) is 3.01. The number of thioether (sulfide) groups is 1. The molecule has 3 aromatic rings. The van der Waals surface area contributed by atoms with Crippen LogP contribution in [0.2, 0.25) is 0 Å². The van der Waals surface area contributed by atoms with Gasteiger partial charge in [0.25, 0.3) is 0 Å². The molecule has 25 heavy (non-hydrogen) atoms. The summed E-state index contributed by atoms with van der Waals surface area (Å²) in [5, 5.41) is 4.52. The Bertz CT molecular complexity index is 912. The molecule has 0 aliphatic rings. The summed E-state index contributed by atoms with van der Waals surface area (Å²) in [5.41, 5.74) is 2.91. The highest BCUT2D eigenvalue weighted by molar-refractivity contribution is 8.01. The Kier molecular flexibility index (Phi) is 5.83. The number of hydrogen-bond acceptors (Lipinski definition) is 5. The van der Waals surface area contributed by atoms with Gasteiger partial charge in [-0.15, -0.1) is 5.10 Å². The second-order valence-corrected chi connectivity index (χ2v) is 8.71. The quantitative estimate of drug-likeness (QED) is 0.306. The average molecular weight is 387 g/mol. The molecule has 3 rings (SSSR count). The lowest BCUT2D eigenvalue weighted by molar-refractivity contribution is 0.102. The van der Waals surface area contributed by atoms with Crippen LogP contribution < -0.4 is 0 Å². The van der Waals surface area contributed by atoms with E-state index in [1.807, 2.05) is 54.6 Å². The number of carbonyl (C=O) groups excluding carboxylic acids is 1. The van der Waals surface area contributed by atoms with Gasteiger partial charge in [0.15, 0.2) is 14.1 Å². The van der Waals surface area contributed by atoms with Gasteiger partial charge in [0.1, 0.15) is 0 Å². The maximum Gasteiger partial charge on any atom is 0.184 e. The minimum Gasteiger partial charge on any atom is -0.293 e. The van der Waals surface area contributed by atoms with E-state index in [1.54, 1.807) is 4.68 Å². The third kappa shape index (κ3) is 4.45. The molecule has 0 unspecified atom stereocenters. The minimum atomic E-state index is 0.104. The zero-order valence-corrected chi connectivity index (χ0v) is 16.5. The SMILES string of the molecule is CC(C)c1ccc(C(=O)CSc2nn(-c3ccccc3)c(=S)s2)cc1. The summed E-state index contributed by atoms with van der Waals surface area (Å²) in [4.78, 5) is 12.4. The number of ketones is 1. The van der Waals surface area contributed by atoms with Crippen molar-refractivity contribution < 1.29 is 4.79 Å². The summed E-state index contributed by atoms with van der Waals surface area (Å²) >= 11 is 8.25. The van der Waals surface area contributed by atoms with E-state index < -0.39 is 0 Å². The summed E-state index contributed by atoms with van der Waals surface area (Å²) in [5.74, 6) is 0.929. The molecule has 0 aliphatic heterocycles. The fraction of sp³-hybridized carbons (Fsp3) is 0.211. The van der Waals surface area contributed by atoms with Crippen LogP contribution in [0.15, 0.2) is 58.9 Å². The number of Topliss-reactive ketones (excluding diaryl/α,β-unsaturated/α-hetero) is 1. The highest BCUT2D eigenvalue weighted by atomic mass is 32.2. The molecular weight excluding hydrogens is 368 g/mol. The lowest BCUT2D eigenvalue weighted by Gasteiger charge is -2.06. The molecule has 0 N–H and O–H groups in total. The number of carbonyl (C=O) groups is 1. The Hall–Kier alpha value is -1.76. The van der Waals surface area contributed by atoms with Crippen LogP contribution in [0, 0.1) is 3.95 Å². The summed E-state index contributed by atoms with van der Waals surface area (Å²) < 4.78 is 3.23. The molecular formula is C19H18N2OS3. The van der Waals surface area contributed by atoms with Crippen LogP contribution in [0.4, 0.5) is 0 Å². The van der Waals surface area contributed by atoms with Crippen molar-refractivity contribution in [2.75, 3.05) is 5.75 Å². The van der Waals surface area contributed by atoms with Crippen molar-refractivity contribution in [1.82, 2.24) is 9.78 Å². The second kappa shape index (κ2) is 8.08.